The maximum atomic E-state index is 11.9. The van der Waals surface area contributed by atoms with Gasteiger partial charge in [-0.15, -0.1) is 11.3 Å². The second kappa shape index (κ2) is 6.25. The molecule has 16 heavy (non-hydrogen) atoms. The minimum atomic E-state index is -4.06. The van der Waals surface area contributed by atoms with Crippen LogP contribution < -0.4 is 5.32 Å². The standard InChI is InChI=1S/C11H16F3NS/c1-2-9(8-10-4-3-7-16-10)15-6-5-11(12,13)14/h3-4,7,9,15H,2,5-6,8H2,1H3. The summed E-state index contributed by atoms with van der Waals surface area (Å²) < 4.78 is 35.8. The van der Waals surface area contributed by atoms with E-state index < -0.39 is 12.6 Å². The molecule has 0 radical (unpaired) electrons. The lowest BCUT2D eigenvalue weighted by Crippen LogP contribution is -2.33. The summed E-state index contributed by atoms with van der Waals surface area (Å²) >= 11 is 1.64. The molecular formula is C11H16F3NS. The van der Waals surface area contributed by atoms with Crippen molar-refractivity contribution in [3.63, 3.8) is 0 Å². The monoisotopic (exact) mass is 251 g/mol. The Hall–Kier alpha value is -0.550. The van der Waals surface area contributed by atoms with Crippen molar-refractivity contribution in [2.45, 2.75) is 38.4 Å². The fraction of sp³-hybridized carbons (Fsp3) is 0.636. The van der Waals surface area contributed by atoms with Crippen LogP contribution in [-0.4, -0.2) is 18.8 Å². The summed E-state index contributed by atoms with van der Waals surface area (Å²) in [7, 11) is 0. The Morgan fingerprint density at radius 1 is 1.44 bits per heavy atom. The molecule has 1 aromatic heterocycles. The van der Waals surface area contributed by atoms with E-state index in [1.54, 1.807) is 11.3 Å². The van der Waals surface area contributed by atoms with Gasteiger partial charge in [-0.05, 0) is 24.3 Å². The van der Waals surface area contributed by atoms with Crippen molar-refractivity contribution in [3.8, 4) is 0 Å². The molecule has 0 saturated heterocycles. The first-order valence-corrected chi connectivity index (χ1v) is 6.21. The lowest BCUT2D eigenvalue weighted by Gasteiger charge is -2.16. The van der Waals surface area contributed by atoms with Crippen molar-refractivity contribution < 1.29 is 13.2 Å². The zero-order valence-corrected chi connectivity index (χ0v) is 10.00. The molecule has 1 unspecified atom stereocenters. The van der Waals surface area contributed by atoms with Gasteiger partial charge in [-0.25, -0.2) is 0 Å². The van der Waals surface area contributed by atoms with E-state index in [0.717, 1.165) is 12.8 Å². The Morgan fingerprint density at radius 2 is 2.19 bits per heavy atom. The van der Waals surface area contributed by atoms with Gasteiger partial charge in [-0.3, -0.25) is 0 Å². The van der Waals surface area contributed by atoms with Gasteiger partial charge >= 0.3 is 6.18 Å². The van der Waals surface area contributed by atoms with E-state index >= 15 is 0 Å². The molecular weight excluding hydrogens is 235 g/mol. The molecule has 0 amide bonds. The molecule has 0 spiro atoms. The Labute approximate surface area is 97.7 Å². The van der Waals surface area contributed by atoms with Crippen LogP contribution in [0.3, 0.4) is 0 Å². The minimum Gasteiger partial charge on any atom is -0.313 e. The van der Waals surface area contributed by atoms with Gasteiger partial charge in [0.2, 0.25) is 0 Å². The highest BCUT2D eigenvalue weighted by Gasteiger charge is 2.26. The predicted octanol–water partition coefficient (Wildman–Crippen LogP) is 3.61. The zero-order valence-electron chi connectivity index (χ0n) is 9.18. The van der Waals surface area contributed by atoms with E-state index in [1.165, 1.54) is 4.88 Å². The van der Waals surface area contributed by atoms with E-state index in [2.05, 4.69) is 5.32 Å². The van der Waals surface area contributed by atoms with E-state index in [0.29, 0.717) is 0 Å². The third-order valence-electron chi connectivity index (χ3n) is 2.36. The highest BCUT2D eigenvalue weighted by atomic mass is 32.1. The molecule has 92 valence electrons. The molecule has 0 aliphatic rings. The van der Waals surface area contributed by atoms with Crippen LogP contribution in [-0.2, 0) is 6.42 Å². The number of thiophene rings is 1. The van der Waals surface area contributed by atoms with Gasteiger partial charge in [0.1, 0.15) is 0 Å². The normalized spacial score (nSPS) is 14.0. The maximum Gasteiger partial charge on any atom is 0.390 e. The van der Waals surface area contributed by atoms with Crippen molar-refractivity contribution >= 4 is 11.3 Å². The van der Waals surface area contributed by atoms with Gasteiger partial charge in [0.15, 0.2) is 0 Å². The van der Waals surface area contributed by atoms with Crippen molar-refractivity contribution in [1.82, 2.24) is 5.32 Å². The number of nitrogens with one attached hydrogen (secondary N) is 1. The number of hydrogen-bond donors (Lipinski definition) is 1. The van der Waals surface area contributed by atoms with Crippen LogP contribution in [0.25, 0.3) is 0 Å². The summed E-state index contributed by atoms with van der Waals surface area (Å²) in [6.45, 7) is 1.99. The second-order valence-electron chi connectivity index (χ2n) is 3.71. The van der Waals surface area contributed by atoms with Crippen LogP contribution in [0.4, 0.5) is 13.2 Å². The van der Waals surface area contributed by atoms with Crippen molar-refractivity contribution in [2.75, 3.05) is 6.54 Å². The predicted molar refractivity (Wildman–Crippen MR) is 60.8 cm³/mol. The fourth-order valence-corrected chi connectivity index (χ4v) is 2.24. The average Bonchev–Trinajstić information content (AvgIpc) is 2.67. The number of alkyl halides is 3. The maximum absolute atomic E-state index is 11.9. The van der Waals surface area contributed by atoms with E-state index in [1.807, 2.05) is 24.4 Å². The molecule has 1 N–H and O–H groups in total. The molecule has 0 fully saturated rings. The Bertz CT molecular complexity index is 282. The summed E-state index contributed by atoms with van der Waals surface area (Å²) in [6.07, 6.45) is -3.16. The smallest absolute Gasteiger partial charge is 0.313 e. The minimum absolute atomic E-state index is 0.00732. The molecule has 0 aliphatic carbocycles. The molecule has 1 aromatic rings. The first-order chi connectivity index (χ1) is 7.51. The molecule has 0 aliphatic heterocycles. The molecule has 1 heterocycles. The molecule has 0 bridgehead atoms. The topological polar surface area (TPSA) is 12.0 Å². The molecule has 0 aromatic carbocycles. The average molecular weight is 251 g/mol. The van der Waals surface area contributed by atoms with Crippen LogP contribution in [0, 0.1) is 0 Å². The van der Waals surface area contributed by atoms with Gasteiger partial charge in [0.05, 0.1) is 6.42 Å². The molecule has 1 rings (SSSR count). The van der Waals surface area contributed by atoms with Crippen LogP contribution in [0.1, 0.15) is 24.6 Å². The third kappa shape index (κ3) is 5.51. The third-order valence-corrected chi connectivity index (χ3v) is 3.26. The number of rotatable bonds is 6. The Morgan fingerprint density at radius 3 is 2.69 bits per heavy atom. The lowest BCUT2D eigenvalue weighted by molar-refractivity contribution is -0.133. The highest BCUT2D eigenvalue weighted by molar-refractivity contribution is 7.09. The van der Waals surface area contributed by atoms with Gasteiger partial charge in [-0.2, -0.15) is 13.2 Å². The largest absolute Gasteiger partial charge is 0.390 e. The van der Waals surface area contributed by atoms with Gasteiger partial charge in [0, 0.05) is 17.5 Å². The van der Waals surface area contributed by atoms with E-state index in [4.69, 9.17) is 0 Å². The first-order valence-electron chi connectivity index (χ1n) is 5.34. The van der Waals surface area contributed by atoms with Crippen LogP contribution in [0.15, 0.2) is 17.5 Å². The number of halogens is 3. The van der Waals surface area contributed by atoms with Crippen molar-refractivity contribution in [1.29, 1.82) is 0 Å². The second-order valence-corrected chi connectivity index (χ2v) is 4.74. The van der Waals surface area contributed by atoms with Crippen LogP contribution in [0.5, 0.6) is 0 Å². The van der Waals surface area contributed by atoms with Crippen molar-refractivity contribution in [2.24, 2.45) is 0 Å². The van der Waals surface area contributed by atoms with Gasteiger partial charge in [-0.1, -0.05) is 13.0 Å². The fourth-order valence-electron chi connectivity index (χ4n) is 1.45. The lowest BCUT2D eigenvalue weighted by atomic mass is 10.1. The van der Waals surface area contributed by atoms with E-state index in [-0.39, 0.29) is 12.6 Å². The van der Waals surface area contributed by atoms with E-state index in [9.17, 15) is 13.2 Å². The molecule has 5 heteroatoms. The SMILES string of the molecule is CCC(Cc1cccs1)NCCC(F)(F)F. The first kappa shape index (κ1) is 13.5. The summed E-state index contributed by atoms with van der Waals surface area (Å²) in [5.74, 6) is 0. The number of hydrogen-bond acceptors (Lipinski definition) is 2. The zero-order chi connectivity index (χ0) is 12.0. The summed E-state index contributed by atoms with van der Waals surface area (Å²) in [6, 6.07) is 4.11. The molecule has 1 nitrogen and oxygen atoms in total. The van der Waals surface area contributed by atoms with Gasteiger partial charge < -0.3 is 5.32 Å². The van der Waals surface area contributed by atoms with Crippen molar-refractivity contribution in [3.05, 3.63) is 22.4 Å². The highest BCUT2D eigenvalue weighted by Crippen LogP contribution is 2.19. The molecule has 1 atom stereocenters. The Kier molecular flexibility index (Phi) is 5.28. The Balaban J connectivity index is 2.27. The quantitative estimate of drug-likeness (QED) is 0.814. The summed E-state index contributed by atoms with van der Waals surface area (Å²) in [4.78, 5) is 1.21. The summed E-state index contributed by atoms with van der Waals surface area (Å²) in [5.41, 5.74) is 0. The van der Waals surface area contributed by atoms with Gasteiger partial charge in [0.25, 0.3) is 0 Å². The molecule has 0 saturated carbocycles. The van der Waals surface area contributed by atoms with Crippen LogP contribution in [0.2, 0.25) is 0 Å². The summed E-state index contributed by atoms with van der Waals surface area (Å²) in [5, 5.41) is 4.93. The van der Waals surface area contributed by atoms with Crippen LogP contribution >= 0.6 is 11.3 Å².